The maximum atomic E-state index is 12.2. The lowest BCUT2D eigenvalue weighted by molar-refractivity contribution is -0.139. The van der Waals surface area contributed by atoms with Crippen LogP contribution < -0.4 is 0 Å². The summed E-state index contributed by atoms with van der Waals surface area (Å²) in [4.78, 5) is 12.4. The van der Waals surface area contributed by atoms with Crippen molar-refractivity contribution in [1.82, 2.24) is 0 Å². The molecule has 0 aliphatic rings. The first kappa shape index (κ1) is 15.2. The van der Waals surface area contributed by atoms with Crippen LogP contribution in [0.25, 0.3) is 0 Å². The zero-order chi connectivity index (χ0) is 15.2. The smallest absolute Gasteiger partial charge is 0.347 e. The van der Waals surface area contributed by atoms with E-state index in [9.17, 15) is 9.00 Å². The molecule has 0 aliphatic carbocycles. The van der Waals surface area contributed by atoms with Crippen LogP contribution in [0.2, 0.25) is 0 Å². The van der Waals surface area contributed by atoms with Crippen molar-refractivity contribution in [2.75, 3.05) is 0 Å². The Hall–Kier alpha value is -2.20. The first-order chi connectivity index (χ1) is 10.1. The average Bonchev–Trinajstić information content (AvgIpc) is 2.53. The molecule has 0 radical (unpaired) electrons. The summed E-state index contributed by atoms with van der Waals surface area (Å²) in [5, 5.41) is 0. The second-order valence-corrected chi connectivity index (χ2v) is 6.07. The van der Waals surface area contributed by atoms with Crippen molar-refractivity contribution in [3.63, 3.8) is 0 Å². The molecular formula is C17H16O3S. The third-order valence-corrected chi connectivity index (χ3v) is 4.21. The van der Waals surface area contributed by atoms with Gasteiger partial charge < -0.3 is 4.74 Å². The lowest BCUT2D eigenvalue weighted by Crippen LogP contribution is -2.11. The molecule has 1 unspecified atom stereocenters. The van der Waals surface area contributed by atoms with Crippen molar-refractivity contribution >= 4 is 16.8 Å². The largest absolute Gasteiger partial charge is 0.457 e. The summed E-state index contributed by atoms with van der Waals surface area (Å²) < 4.78 is 17.3. The van der Waals surface area contributed by atoms with Gasteiger partial charge in [-0.1, -0.05) is 54.6 Å². The highest BCUT2D eigenvalue weighted by molar-refractivity contribution is 7.90. The molecule has 21 heavy (non-hydrogen) atoms. The highest BCUT2D eigenvalue weighted by atomic mass is 32.2. The number of hydrogen-bond donors (Lipinski definition) is 0. The van der Waals surface area contributed by atoms with E-state index in [0.717, 1.165) is 11.1 Å². The van der Waals surface area contributed by atoms with Gasteiger partial charge in [-0.15, -0.1) is 0 Å². The van der Waals surface area contributed by atoms with Gasteiger partial charge >= 0.3 is 5.97 Å². The van der Waals surface area contributed by atoms with Crippen LogP contribution in [-0.2, 0) is 26.9 Å². The Bertz CT molecular complexity index is 660. The van der Waals surface area contributed by atoms with Crippen LogP contribution in [0.5, 0.6) is 0 Å². The first-order valence-corrected chi connectivity index (χ1v) is 7.61. The fraction of sp³-hybridized carbons (Fsp3) is 0.118. The van der Waals surface area contributed by atoms with E-state index >= 15 is 0 Å². The Morgan fingerprint density at radius 2 is 1.71 bits per heavy atom. The molecule has 0 spiro atoms. The van der Waals surface area contributed by atoms with Crippen molar-refractivity contribution in [2.24, 2.45) is 0 Å². The van der Waals surface area contributed by atoms with Crippen LogP contribution in [0.15, 0.2) is 71.0 Å². The number of aryl methyl sites for hydroxylation is 1. The predicted octanol–water partition coefficient (Wildman–Crippen LogP) is 3.36. The van der Waals surface area contributed by atoms with E-state index in [-0.39, 0.29) is 11.5 Å². The van der Waals surface area contributed by atoms with Gasteiger partial charge in [0.2, 0.25) is 0 Å². The summed E-state index contributed by atoms with van der Waals surface area (Å²) >= 11 is 0. The van der Waals surface area contributed by atoms with Crippen LogP contribution in [-0.4, -0.2) is 10.2 Å². The number of benzene rings is 2. The van der Waals surface area contributed by atoms with Gasteiger partial charge in [-0.25, -0.2) is 9.00 Å². The molecule has 0 aliphatic heterocycles. The molecule has 2 aromatic carbocycles. The third-order valence-electron chi connectivity index (χ3n) is 2.90. The summed E-state index contributed by atoms with van der Waals surface area (Å²) in [6.07, 6.45) is 0. The van der Waals surface area contributed by atoms with Crippen molar-refractivity contribution in [1.29, 1.82) is 0 Å². The maximum Gasteiger partial charge on any atom is 0.347 e. The molecule has 0 saturated heterocycles. The van der Waals surface area contributed by atoms with Crippen molar-refractivity contribution in [3.05, 3.63) is 77.2 Å². The van der Waals surface area contributed by atoms with Crippen LogP contribution in [0.3, 0.4) is 0 Å². The SMILES string of the molecule is C=C(C(=O)OCc1ccccc1)S(=O)c1ccc(C)cc1. The number of hydrogen-bond acceptors (Lipinski definition) is 3. The Morgan fingerprint density at radius 1 is 1.10 bits per heavy atom. The number of carbonyl (C=O) groups excluding carboxylic acids is 1. The van der Waals surface area contributed by atoms with E-state index in [1.165, 1.54) is 0 Å². The second-order valence-electron chi connectivity index (χ2n) is 4.57. The molecule has 0 heterocycles. The van der Waals surface area contributed by atoms with E-state index < -0.39 is 16.8 Å². The molecule has 0 fully saturated rings. The molecule has 0 aromatic heterocycles. The highest BCUT2D eigenvalue weighted by Crippen LogP contribution is 2.15. The van der Waals surface area contributed by atoms with E-state index in [1.54, 1.807) is 12.1 Å². The first-order valence-electron chi connectivity index (χ1n) is 6.46. The molecular weight excluding hydrogens is 284 g/mol. The topological polar surface area (TPSA) is 43.4 Å². The maximum absolute atomic E-state index is 12.2. The average molecular weight is 300 g/mol. The molecule has 0 N–H and O–H groups in total. The molecule has 2 aromatic rings. The van der Waals surface area contributed by atoms with Crippen molar-refractivity contribution < 1.29 is 13.7 Å². The summed E-state index contributed by atoms with van der Waals surface area (Å²) in [5.41, 5.74) is 1.94. The van der Waals surface area contributed by atoms with Crippen LogP contribution in [0.4, 0.5) is 0 Å². The molecule has 2 rings (SSSR count). The van der Waals surface area contributed by atoms with E-state index in [0.29, 0.717) is 4.90 Å². The Kier molecular flexibility index (Phi) is 5.06. The molecule has 0 amide bonds. The number of rotatable bonds is 5. The van der Waals surface area contributed by atoms with Gasteiger partial charge in [0.25, 0.3) is 0 Å². The minimum Gasteiger partial charge on any atom is -0.457 e. The second kappa shape index (κ2) is 6.99. The minimum atomic E-state index is -1.59. The fourth-order valence-electron chi connectivity index (χ4n) is 1.68. The van der Waals surface area contributed by atoms with Gasteiger partial charge in [0, 0.05) is 4.90 Å². The van der Waals surface area contributed by atoms with Crippen LogP contribution in [0.1, 0.15) is 11.1 Å². The van der Waals surface area contributed by atoms with E-state index in [1.807, 2.05) is 49.4 Å². The summed E-state index contributed by atoms with van der Waals surface area (Å²) in [7, 11) is -1.59. The molecule has 0 saturated carbocycles. The molecule has 1 atom stereocenters. The number of carbonyl (C=O) groups is 1. The monoisotopic (exact) mass is 300 g/mol. The van der Waals surface area contributed by atoms with Crippen LogP contribution in [0, 0.1) is 6.92 Å². The normalized spacial score (nSPS) is 11.7. The van der Waals surface area contributed by atoms with Gasteiger partial charge in [-0.3, -0.25) is 0 Å². The Balaban J connectivity index is 1.97. The van der Waals surface area contributed by atoms with Gasteiger partial charge in [0.1, 0.15) is 11.5 Å². The lowest BCUT2D eigenvalue weighted by Gasteiger charge is -2.07. The predicted molar refractivity (Wildman–Crippen MR) is 83.0 cm³/mol. The van der Waals surface area contributed by atoms with Gasteiger partial charge in [-0.05, 0) is 24.6 Å². The number of esters is 1. The van der Waals surface area contributed by atoms with E-state index in [2.05, 4.69) is 6.58 Å². The standard InChI is InChI=1S/C17H16O3S/c1-13-8-10-16(11-9-13)21(19)14(2)17(18)20-12-15-6-4-3-5-7-15/h3-11H,2,12H2,1H3. The quantitative estimate of drug-likeness (QED) is 0.628. The summed E-state index contributed by atoms with van der Waals surface area (Å²) in [6, 6.07) is 16.5. The molecule has 3 nitrogen and oxygen atoms in total. The Labute approximate surface area is 126 Å². The Morgan fingerprint density at radius 3 is 2.33 bits per heavy atom. The molecule has 4 heteroatoms. The number of ether oxygens (including phenoxy) is 1. The van der Waals surface area contributed by atoms with E-state index in [4.69, 9.17) is 4.74 Å². The highest BCUT2D eigenvalue weighted by Gasteiger charge is 2.17. The summed E-state index contributed by atoms with van der Waals surface area (Å²) in [6.45, 7) is 5.67. The van der Waals surface area contributed by atoms with Gasteiger partial charge in [0.05, 0.1) is 10.8 Å². The van der Waals surface area contributed by atoms with Gasteiger partial charge in [-0.2, -0.15) is 0 Å². The third kappa shape index (κ3) is 4.13. The molecule has 108 valence electrons. The zero-order valence-electron chi connectivity index (χ0n) is 11.7. The fourth-order valence-corrected chi connectivity index (χ4v) is 2.56. The van der Waals surface area contributed by atoms with Crippen molar-refractivity contribution in [2.45, 2.75) is 18.4 Å². The lowest BCUT2D eigenvalue weighted by atomic mass is 10.2. The zero-order valence-corrected chi connectivity index (χ0v) is 12.6. The van der Waals surface area contributed by atoms with Crippen LogP contribution >= 0.6 is 0 Å². The van der Waals surface area contributed by atoms with Crippen molar-refractivity contribution in [3.8, 4) is 0 Å². The molecule has 0 bridgehead atoms. The summed E-state index contributed by atoms with van der Waals surface area (Å²) in [5.74, 6) is -0.641. The van der Waals surface area contributed by atoms with Gasteiger partial charge in [0.15, 0.2) is 0 Å². The minimum absolute atomic E-state index is 0.0465.